The number of nitrogens with one attached hydrogen (secondary N) is 1. The third-order valence-electron chi connectivity index (χ3n) is 3.71. The molecule has 0 radical (unpaired) electrons. The van der Waals surface area contributed by atoms with E-state index in [1.165, 1.54) is 26.2 Å². The molecule has 0 saturated carbocycles. The highest BCUT2D eigenvalue weighted by Gasteiger charge is 2.37. The molecule has 0 amide bonds. The molecule has 2 aliphatic rings. The summed E-state index contributed by atoms with van der Waals surface area (Å²) in [6.45, 7) is 7.91. The van der Waals surface area contributed by atoms with Crippen LogP contribution in [0, 0.1) is 11.8 Å². The molecule has 2 aliphatic heterocycles. The second kappa shape index (κ2) is 3.52. The molecule has 4 nitrogen and oxygen atoms in total. The highest BCUT2D eigenvalue weighted by molar-refractivity contribution is 5.34. The first-order valence-corrected chi connectivity index (χ1v) is 5.85. The van der Waals surface area contributed by atoms with E-state index in [9.17, 15) is 0 Å². The first kappa shape index (κ1) is 9.21. The summed E-state index contributed by atoms with van der Waals surface area (Å²) >= 11 is 0. The minimum absolute atomic E-state index is 0.840. The summed E-state index contributed by atoms with van der Waals surface area (Å²) in [5, 5.41) is 3.46. The monoisotopic (exact) mass is 206 g/mol. The molecule has 2 atom stereocenters. The van der Waals surface area contributed by atoms with Gasteiger partial charge in [0, 0.05) is 45.1 Å². The Morgan fingerprint density at radius 1 is 1.40 bits per heavy atom. The second-order valence-electron chi connectivity index (χ2n) is 4.60. The van der Waals surface area contributed by atoms with Crippen molar-refractivity contribution in [1.29, 1.82) is 0 Å². The lowest BCUT2D eigenvalue weighted by atomic mass is 10.0. The molecule has 3 rings (SSSR count). The Morgan fingerprint density at radius 2 is 2.13 bits per heavy atom. The van der Waals surface area contributed by atoms with Crippen molar-refractivity contribution in [1.82, 2.24) is 14.9 Å². The van der Waals surface area contributed by atoms with Crippen molar-refractivity contribution < 1.29 is 0 Å². The molecule has 0 bridgehead atoms. The van der Waals surface area contributed by atoms with Crippen molar-refractivity contribution >= 4 is 5.95 Å². The first-order valence-electron chi connectivity index (χ1n) is 5.85. The van der Waals surface area contributed by atoms with Crippen molar-refractivity contribution in [2.24, 2.45) is 11.8 Å². The van der Waals surface area contributed by atoms with Gasteiger partial charge in [0.05, 0.1) is 0 Å². The van der Waals surface area contributed by atoms with Crippen molar-refractivity contribution in [3.63, 3.8) is 0 Å². The molecule has 2 unspecified atom stereocenters. The van der Waals surface area contributed by atoms with E-state index in [1.807, 2.05) is 6.20 Å². The van der Waals surface area contributed by atoms with Gasteiger partial charge in [0.25, 0.3) is 0 Å². The summed E-state index contributed by atoms with van der Waals surface area (Å²) in [4.78, 5) is 6.91. The van der Waals surface area contributed by atoms with Gasteiger partial charge in [-0.25, -0.2) is 4.98 Å². The number of rotatable bonds is 2. The zero-order valence-corrected chi connectivity index (χ0v) is 9.19. The molecular weight excluding hydrogens is 188 g/mol. The summed E-state index contributed by atoms with van der Waals surface area (Å²) in [7, 11) is 0. The van der Waals surface area contributed by atoms with Crippen molar-refractivity contribution in [2.75, 3.05) is 31.1 Å². The Morgan fingerprint density at radius 3 is 2.80 bits per heavy atom. The number of imidazole rings is 1. The van der Waals surface area contributed by atoms with E-state index in [0.717, 1.165) is 24.3 Å². The molecule has 0 spiro atoms. The predicted molar refractivity (Wildman–Crippen MR) is 60.0 cm³/mol. The van der Waals surface area contributed by atoms with Gasteiger partial charge in [0.15, 0.2) is 0 Å². The van der Waals surface area contributed by atoms with E-state index in [-0.39, 0.29) is 0 Å². The highest BCUT2D eigenvalue weighted by Crippen LogP contribution is 2.29. The summed E-state index contributed by atoms with van der Waals surface area (Å²) in [6.07, 6.45) is 3.98. The summed E-state index contributed by atoms with van der Waals surface area (Å²) < 4.78 is 2.23. The van der Waals surface area contributed by atoms with E-state index in [1.54, 1.807) is 0 Å². The molecule has 15 heavy (non-hydrogen) atoms. The topological polar surface area (TPSA) is 33.1 Å². The van der Waals surface area contributed by atoms with E-state index < -0.39 is 0 Å². The molecule has 1 N–H and O–H groups in total. The quantitative estimate of drug-likeness (QED) is 0.767. The third-order valence-corrected chi connectivity index (χ3v) is 3.71. The summed E-state index contributed by atoms with van der Waals surface area (Å²) in [5.74, 6) is 2.84. The number of anilines is 1. The number of hydrogen-bond acceptors (Lipinski definition) is 3. The van der Waals surface area contributed by atoms with Gasteiger partial charge in [0.2, 0.25) is 5.95 Å². The summed E-state index contributed by atoms with van der Waals surface area (Å²) in [5.41, 5.74) is 0. The molecule has 0 aliphatic carbocycles. The lowest BCUT2D eigenvalue weighted by molar-refractivity contribution is 0.533. The van der Waals surface area contributed by atoms with Gasteiger partial charge < -0.3 is 14.8 Å². The largest absolute Gasteiger partial charge is 0.342 e. The van der Waals surface area contributed by atoms with Gasteiger partial charge in [0.1, 0.15) is 0 Å². The Hall–Kier alpha value is -1.03. The van der Waals surface area contributed by atoms with Crippen LogP contribution in [0.4, 0.5) is 5.95 Å². The molecular formula is C11H18N4. The van der Waals surface area contributed by atoms with Crippen LogP contribution in [-0.4, -0.2) is 35.7 Å². The Balaban J connectivity index is 1.79. The Labute approximate surface area is 90.3 Å². The van der Waals surface area contributed by atoms with Gasteiger partial charge >= 0.3 is 0 Å². The van der Waals surface area contributed by atoms with Crippen LogP contribution in [0.15, 0.2) is 12.4 Å². The molecule has 2 saturated heterocycles. The average Bonchev–Trinajstić information content (AvgIpc) is 2.91. The van der Waals surface area contributed by atoms with E-state index in [4.69, 9.17) is 0 Å². The number of aromatic nitrogens is 2. The number of nitrogens with zero attached hydrogens (tertiary/aromatic N) is 3. The zero-order valence-electron chi connectivity index (χ0n) is 9.19. The van der Waals surface area contributed by atoms with Crippen LogP contribution in [0.2, 0.25) is 0 Å². The molecule has 82 valence electrons. The maximum absolute atomic E-state index is 4.46. The SMILES string of the molecule is CCn1ccnc1N1CC2CNCC2C1. The normalized spacial score (nSPS) is 29.8. The highest BCUT2D eigenvalue weighted by atomic mass is 15.3. The van der Waals surface area contributed by atoms with E-state index in [2.05, 4.69) is 32.9 Å². The summed E-state index contributed by atoms with van der Waals surface area (Å²) in [6, 6.07) is 0. The van der Waals surface area contributed by atoms with Crippen LogP contribution in [0.3, 0.4) is 0 Å². The predicted octanol–water partition coefficient (Wildman–Crippen LogP) is 0.559. The van der Waals surface area contributed by atoms with Gasteiger partial charge in [-0.15, -0.1) is 0 Å². The fourth-order valence-electron chi connectivity index (χ4n) is 2.85. The smallest absolute Gasteiger partial charge is 0.205 e. The molecule has 1 aromatic rings. The van der Waals surface area contributed by atoms with Crippen LogP contribution >= 0.6 is 0 Å². The molecule has 4 heteroatoms. The van der Waals surface area contributed by atoms with Crippen molar-refractivity contribution in [2.45, 2.75) is 13.5 Å². The fourth-order valence-corrected chi connectivity index (χ4v) is 2.85. The van der Waals surface area contributed by atoms with Gasteiger partial charge in [-0.3, -0.25) is 0 Å². The van der Waals surface area contributed by atoms with Crippen molar-refractivity contribution in [3.05, 3.63) is 12.4 Å². The van der Waals surface area contributed by atoms with Gasteiger partial charge in [-0.2, -0.15) is 0 Å². The van der Waals surface area contributed by atoms with Crippen LogP contribution in [0.5, 0.6) is 0 Å². The number of hydrogen-bond donors (Lipinski definition) is 1. The Kier molecular flexibility index (Phi) is 2.16. The standard InChI is InChI=1S/C11H18N4/c1-2-14-4-3-13-11(14)15-7-9-5-12-6-10(9)8-15/h3-4,9-10,12H,2,5-8H2,1H3. The van der Waals surface area contributed by atoms with E-state index in [0.29, 0.717) is 0 Å². The molecule has 2 fully saturated rings. The van der Waals surface area contributed by atoms with Crippen molar-refractivity contribution in [3.8, 4) is 0 Å². The van der Waals surface area contributed by atoms with Gasteiger partial charge in [-0.05, 0) is 18.8 Å². The molecule has 3 heterocycles. The first-order chi connectivity index (χ1) is 7.38. The third kappa shape index (κ3) is 1.44. The number of fused-ring (bicyclic) bond motifs is 1. The zero-order chi connectivity index (χ0) is 10.3. The van der Waals surface area contributed by atoms with Crippen LogP contribution in [-0.2, 0) is 6.54 Å². The number of aryl methyl sites for hydroxylation is 1. The van der Waals surface area contributed by atoms with Crippen LogP contribution in [0.1, 0.15) is 6.92 Å². The van der Waals surface area contributed by atoms with Gasteiger partial charge in [-0.1, -0.05) is 0 Å². The fraction of sp³-hybridized carbons (Fsp3) is 0.727. The lowest BCUT2D eigenvalue weighted by Crippen LogP contribution is -2.27. The minimum atomic E-state index is 0.840. The average molecular weight is 206 g/mol. The molecule has 0 aromatic carbocycles. The maximum Gasteiger partial charge on any atom is 0.205 e. The Bertz CT molecular complexity index is 334. The van der Waals surface area contributed by atoms with Crippen LogP contribution in [0.25, 0.3) is 0 Å². The lowest BCUT2D eigenvalue weighted by Gasteiger charge is -2.19. The van der Waals surface area contributed by atoms with E-state index >= 15 is 0 Å². The minimum Gasteiger partial charge on any atom is -0.342 e. The molecule has 1 aromatic heterocycles. The van der Waals surface area contributed by atoms with Crippen LogP contribution < -0.4 is 10.2 Å². The maximum atomic E-state index is 4.46. The second-order valence-corrected chi connectivity index (χ2v) is 4.60.